The number of hydrogen-bond donors (Lipinski definition) is 2. The average molecular weight is 324 g/mol. The Morgan fingerprint density at radius 1 is 1.23 bits per heavy atom. The lowest BCUT2D eigenvalue weighted by atomic mass is 10.1. The SMILES string of the molecule is CC(=O)NCCNC(=O)[C@@H]1CC(=O)N(c2ccc(Cl)cc2)C1. The molecule has 0 spiro atoms. The normalized spacial score (nSPS) is 17.5. The molecule has 2 N–H and O–H groups in total. The number of carbonyl (C=O) groups is 3. The van der Waals surface area contributed by atoms with Crippen LogP contribution in [0, 0.1) is 5.92 Å². The number of nitrogens with one attached hydrogen (secondary N) is 2. The zero-order valence-corrected chi connectivity index (χ0v) is 13.0. The van der Waals surface area contributed by atoms with E-state index >= 15 is 0 Å². The van der Waals surface area contributed by atoms with Crippen molar-refractivity contribution >= 4 is 35.0 Å². The Balaban J connectivity index is 1.87. The Kier molecular flexibility index (Phi) is 5.38. The second-order valence-corrected chi connectivity index (χ2v) is 5.59. The molecular formula is C15H18ClN3O3. The molecule has 0 aromatic heterocycles. The second kappa shape index (κ2) is 7.26. The van der Waals surface area contributed by atoms with Gasteiger partial charge in [-0.15, -0.1) is 0 Å². The molecule has 22 heavy (non-hydrogen) atoms. The third kappa shape index (κ3) is 4.21. The van der Waals surface area contributed by atoms with Gasteiger partial charge < -0.3 is 15.5 Å². The Hall–Kier alpha value is -2.08. The minimum atomic E-state index is -0.375. The number of hydrogen-bond acceptors (Lipinski definition) is 3. The predicted octanol–water partition coefficient (Wildman–Crippen LogP) is 0.945. The van der Waals surface area contributed by atoms with Crippen molar-refractivity contribution in [2.75, 3.05) is 24.5 Å². The molecule has 1 aliphatic rings. The first-order valence-electron chi connectivity index (χ1n) is 7.05. The summed E-state index contributed by atoms with van der Waals surface area (Å²) < 4.78 is 0. The summed E-state index contributed by atoms with van der Waals surface area (Å²) in [6.07, 6.45) is 0.189. The van der Waals surface area contributed by atoms with E-state index in [4.69, 9.17) is 11.6 Å². The fraction of sp³-hybridized carbons (Fsp3) is 0.400. The van der Waals surface area contributed by atoms with Crippen LogP contribution in [-0.2, 0) is 14.4 Å². The molecule has 1 atom stereocenters. The van der Waals surface area contributed by atoms with Crippen LogP contribution in [0.3, 0.4) is 0 Å². The number of benzene rings is 1. The first-order valence-corrected chi connectivity index (χ1v) is 7.43. The zero-order valence-electron chi connectivity index (χ0n) is 12.3. The summed E-state index contributed by atoms with van der Waals surface area (Å²) in [6.45, 7) is 2.50. The highest BCUT2D eigenvalue weighted by Gasteiger charge is 2.34. The summed E-state index contributed by atoms with van der Waals surface area (Å²) in [5, 5.41) is 5.92. The van der Waals surface area contributed by atoms with Crippen LogP contribution in [0.15, 0.2) is 24.3 Å². The predicted molar refractivity (Wildman–Crippen MR) is 83.6 cm³/mol. The van der Waals surface area contributed by atoms with Crippen LogP contribution in [0.25, 0.3) is 0 Å². The van der Waals surface area contributed by atoms with E-state index in [2.05, 4.69) is 10.6 Å². The summed E-state index contributed by atoms with van der Waals surface area (Å²) >= 11 is 5.83. The molecule has 118 valence electrons. The number of rotatable bonds is 5. The lowest BCUT2D eigenvalue weighted by molar-refractivity contribution is -0.126. The van der Waals surface area contributed by atoms with Crippen LogP contribution in [0.4, 0.5) is 5.69 Å². The molecule has 1 aromatic carbocycles. The van der Waals surface area contributed by atoms with Gasteiger partial charge in [-0.2, -0.15) is 0 Å². The van der Waals surface area contributed by atoms with Crippen LogP contribution in [0.2, 0.25) is 5.02 Å². The number of nitrogens with zero attached hydrogens (tertiary/aromatic N) is 1. The minimum Gasteiger partial charge on any atom is -0.355 e. The number of amides is 3. The molecule has 3 amide bonds. The van der Waals surface area contributed by atoms with Gasteiger partial charge in [0, 0.05) is 43.7 Å². The Labute approximate surface area is 133 Å². The van der Waals surface area contributed by atoms with Crippen LogP contribution >= 0.6 is 11.6 Å². The molecule has 2 rings (SSSR count). The van der Waals surface area contributed by atoms with Crippen molar-refractivity contribution in [3.63, 3.8) is 0 Å². The third-order valence-corrected chi connectivity index (χ3v) is 3.68. The summed E-state index contributed by atoms with van der Waals surface area (Å²) in [5.74, 6) is -0.765. The molecular weight excluding hydrogens is 306 g/mol. The highest BCUT2D eigenvalue weighted by atomic mass is 35.5. The van der Waals surface area contributed by atoms with E-state index in [0.717, 1.165) is 5.69 Å². The first kappa shape index (κ1) is 16.3. The third-order valence-electron chi connectivity index (χ3n) is 3.43. The highest BCUT2D eigenvalue weighted by molar-refractivity contribution is 6.30. The monoisotopic (exact) mass is 323 g/mol. The maximum Gasteiger partial charge on any atom is 0.227 e. The summed E-state index contributed by atoms with van der Waals surface area (Å²) in [6, 6.07) is 6.95. The van der Waals surface area contributed by atoms with E-state index in [1.54, 1.807) is 29.2 Å². The van der Waals surface area contributed by atoms with E-state index < -0.39 is 0 Å². The maximum atomic E-state index is 12.0. The maximum absolute atomic E-state index is 12.0. The van der Waals surface area contributed by atoms with Gasteiger partial charge in [0.2, 0.25) is 17.7 Å². The Morgan fingerprint density at radius 3 is 2.50 bits per heavy atom. The minimum absolute atomic E-state index is 0.0793. The van der Waals surface area contributed by atoms with Crippen molar-refractivity contribution in [1.82, 2.24) is 10.6 Å². The van der Waals surface area contributed by atoms with E-state index in [-0.39, 0.29) is 30.1 Å². The lowest BCUT2D eigenvalue weighted by Gasteiger charge is -2.16. The summed E-state index contributed by atoms with van der Waals surface area (Å²) in [7, 11) is 0. The molecule has 1 heterocycles. The van der Waals surface area contributed by atoms with Gasteiger partial charge in [-0.05, 0) is 24.3 Å². The summed E-state index contributed by atoms with van der Waals surface area (Å²) in [4.78, 5) is 36.4. The average Bonchev–Trinajstić information content (AvgIpc) is 2.86. The topological polar surface area (TPSA) is 78.5 Å². The number of anilines is 1. The van der Waals surface area contributed by atoms with Crippen LogP contribution in [-0.4, -0.2) is 37.4 Å². The fourth-order valence-electron chi connectivity index (χ4n) is 2.32. The van der Waals surface area contributed by atoms with Crippen molar-refractivity contribution < 1.29 is 14.4 Å². The van der Waals surface area contributed by atoms with Crippen LogP contribution in [0.5, 0.6) is 0 Å². The van der Waals surface area contributed by atoms with Gasteiger partial charge in [0.25, 0.3) is 0 Å². The Morgan fingerprint density at radius 2 is 1.86 bits per heavy atom. The van der Waals surface area contributed by atoms with Crippen molar-refractivity contribution in [3.05, 3.63) is 29.3 Å². The molecule has 7 heteroatoms. The van der Waals surface area contributed by atoms with E-state index in [1.807, 2.05) is 0 Å². The van der Waals surface area contributed by atoms with E-state index in [1.165, 1.54) is 6.92 Å². The summed E-state index contributed by atoms with van der Waals surface area (Å²) in [5.41, 5.74) is 0.739. The van der Waals surface area contributed by atoms with Gasteiger partial charge >= 0.3 is 0 Å². The molecule has 1 saturated heterocycles. The standard InChI is InChI=1S/C15H18ClN3O3/c1-10(20)17-6-7-18-15(22)11-8-14(21)19(9-11)13-4-2-12(16)3-5-13/h2-5,11H,6-9H2,1H3,(H,17,20)(H,18,22)/t11-/m1/s1. The smallest absolute Gasteiger partial charge is 0.227 e. The first-order chi connectivity index (χ1) is 10.5. The van der Waals surface area contributed by atoms with E-state index in [9.17, 15) is 14.4 Å². The molecule has 6 nitrogen and oxygen atoms in total. The molecule has 1 aliphatic heterocycles. The van der Waals surface area contributed by atoms with Gasteiger partial charge in [-0.1, -0.05) is 11.6 Å². The molecule has 0 bridgehead atoms. The molecule has 0 saturated carbocycles. The van der Waals surface area contributed by atoms with Crippen molar-refractivity contribution in [2.24, 2.45) is 5.92 Å². The van der Waals surface area contributed by atoms with Gasteiger partial charge in [-0.3, -0.25) is 14.4 Å². The van der Waals surface area contributed by atoms with E-state index in [0.29, 0.717) is 24.7 Å². The van der Waals surface area contributed by atoms with Crippen molar-refractivity contribution in [1.29, 1.82) is 0 Å². The molecule has 1 fully saturated rings. The van der Waals surface area contributed by atoms with Gasteiger partial charge in [0.15, 0.2) is 0 Å². The van der Waals surface area contributed by atoms with Crippen molar-refractivity contribution in [3.8, 4) is 0 Å². The molecule has 1 aromatic rings. The highest BCUT2D eigenvalue weighted by Crippen LogP contribution is 2.26. The second-order valence-electron chi connectivity index (χ2n) is 5.16. The molecule has 0 aliphatic carbocycles. The van der Waals surface area contributed by atoms with Gasteiger partial charge in [0.05, 0.1) is 5.92 Å². The van der Waals surface area contributed by atoms with Gasteiger partial charge in [0.1, 0.15) is 0 Å². The fourth-order valence-corrected chi connectivity index (χ4v) is 2.45. The van der Waals surface area contributed by atoms with Crippen molar-refractivity contribution in [2.45, 2.75) is 13.3 Å². The zero-order chi connectivity index (χ0) is 16.1. The lowest BCUT2D eigenvalue weighted by Crippen LogP contribution is -2.37. The molecule has 0 radical (unpaired) electrons. The number of carbonyl (C=O) groups excluding carboxylic acids is 3. The van der Waals surface area contributed by atoms with Crippen LogP contribution in [0.1, 0.15) is 13.3 Å². The Bertz CT molecular complexity index is 574. The van der Waals surface area contributed by atoms with Gasteiger partial charge in [-0.25, -0.2) is 0 Å². The quantitative estimate of drug-likeness (QED) is 0.792. The number of halogens is 1. The largest absolute Gasteiger partial charge is 0.355 e. The van der Waals surface area contributed by atoms with Crippen LogP contribution < -0.4 is 15.5 Å². The molecule has 0 unspecified atom stereocenters.